The molecule has 0 radical (unpaired) electrons. The normalized spacial score (nSPS) is 11.9. The average Bonchev–Trinajstić information content (AvgIpc) is 2.13. The molecule has 1 rings (SSSR count). The molecule has 0 saturated heterocycles. The molecule has 0 fully saturated rings. The van der Waals surface area contributed by atoms with Crippen LogP contribution in [0.15, 0.2) is 18.2 Å². The minimum Gasteiger partial charge on any atom is -0.475 e. The van der Waals surface area contributed by atoms with E-state index in [1.807, 2.05) is 32.0 Å². The number of hydrogen-bond donors (Lipinski definition) is 1. The Morgan fingerprint density at radius 1 is 1.31 bits per heavy atom. The Kier molecular flexibility index (Phi) is 4.30. The molecular weight excluding hydrogens is 200 g/mol. The van der Waals surface area contributed by atoms with Crippen LogP contribution in [0.1, 0.15) is 40.3 Å². The molecule has 0 unspecified atom stereocenters. The van der Waals surface area contributed by atoms with Gasteiger partial charge >= 0.3 is 0 Å². The molecule has 3 nitrogen and oxygen atoms in total. The summed E-state index contributed by atoms with van der Waals surface area (Å²) in [7, 11) is 0. The summed E-state index contributed by atoms with van der Waals surface area (Å²) < 4.78 is 5.55. The average molecular weight is 222 g/mol. The molecule has 1 N–H and O–H groups in total. The smallest absolute Gasteiger partial charge is 0.213 e. The lowest BCUT2D eigenvalue weighted by Gasteiger charge is -2.20. The number of ether oxygens (including phenoxy) is 1. The van der Waals surface area contributed by atoms with E-state index in [1.165, 1.54) is 0 Å². The van der Waals surface area contributed by atoms with Gasteiger partial charge in [0.1, 0.15) is 0 Å². The van der Waals surface area contributed by atoms with Crippen LogP contribution in [0.2, 0.25) is 0 Å². The number of pyridine rings is 1. The molecule has 3 heteroatoms. The minimum atomic E-state index is 0.108. The number of rotatable bonds is 4. The third-order valence-corrected chi connectivity index (χ3v) is 1.94. The maximum atomic E-state index is 5.55. The monoisotopic (exact) mass is 222 g/mol. The molecule has 0 aliphatic rings. The summed E-state index contributed by atoms with van der Waals surface area (Å²) in [6.45, 7) is 11.2. The van der Waals surface area contributed by atoms with Gasteiger partial charge in [0, 0.05) is 18.2 Å². The highest BCUT2D eigenvalue weighted by Gasteiger charge is 2.09. The molecular formula is C13H22N2O. The van der Waals surface area contributed by atoms with Crippen molar-refractivity contribution in [3.05, 3.63) is 23.9 Å². The quantitative estimate of drug-likeness (QED) is 0.850. The first-order valence-electron chi connectivity index (χ1n) is 5.74. The van der Waals surface area contributed by atoms with Gasteiger partial charge in [0.2, 0.25) is 5.88 Å². The van der Waals surface area contributed by atoms with Crippen molar-refractivity contribution >= 4 is 0 Å². The number of nitrogens with zero attached hydrogens (tertiary/aromatic N) is 1. The van der Waals surface area contributed by atoms with Gasteiger partial charge in [-0.3, -0.25) is 0 Å². The molecule has 16 heavy (non-hydrogen) atoms. The van der Waals surface area contributed by atoms with E-state index in [1.54, 1.807) is 0 Å². The van der Waals surface area contributed by atoms with Gasteiger partial charge in [-0.1, -0.05) is 6.07 Å². The lowest BCUT2D eigenvalue weighted by atomic mass is 10.1. The van der Waals surface area contributed by atoms with Gasteiger partial charge in [0.05, 0.1) is 11.8 Å². The molecule has 0 spiro atoms. The lowest BCUT2D eigenvalue weighted by Crippen LogP contribution is -2.35. The van der Waals surface area contributed by atoms with Crippen molar-refractivity contribution in [1.82, 2.24) is 10.3 Å². The Bertz CT molecular complexity index is 329. The fourth-order valence-electron chi connectivity index (χ4n) is 1.22. The molecule has 0 aromatic carbocycles. The van der Waals surface area contributed by atoms with Crippen LogP contribution in [-0.2, 0) is 6.54 Å². The molecule has 1 heterocycles. The van der Waals surface area contributed by atoms with Gasteiger partial charge in [-0.05, 0) is 40.7 Å². The van der Waals surface area contributed by atoms with Gasteiger partial charge < -0.3 is 10.1 Å². The maximum Gasteiger partial charge on any atom is 0.213 e. The Morgan fingerprint density at radius 2 is 2.00 bits per heavy atom. The second-order valence-corrected chi connectivity index (χ2v) is 5.24. The first-order chi connectivity index (χ1) is 7.37. The Labute approximate surface area is 98.2 Å². The molecule has 90 valence electrons. The first-order valence-corrected chi connectivity index (χ1v) is 5.74. The molecule has 1 aromatic rings. The molecule has 0 atom stereocenters. The highest BCUT2D eigenvalue weighted by molar-refractivity contribution is 5.16. The van der Waals surface area contributed by atoms with Gasteiger partial charge in [0.15, 0.2) is 0 Å². The van der Waals surface area contributed by atoms with E-state index in [-0.39, 0.29) is 11.6 Å². The predicted octanol–water partition coefficient (Wildman–Crippen LogP) is 2.76. The molecule has 0 bridgehead atoms. The van der Waals surface area contributed by atoms with Crippen LogP contribution in [0.4, 0.5) is 0 Å². The fraction of sp³-hybridized carbons (Fsp3) is 0.615. The Hall–Kier alpha value is -1.09. The Morgan fingerprint density at radius 3 is 2.56 bits per heavy atom. The fourth-order valence-corrected chi connectivity index (χ4v) is 1.22. The van der Waals surface area contributed by atoms with E-state index < -0.39 is 0 Å². The van der Waals surface area contributed by atoms with Crippen molar-refractivity contribution in [1.29, 1.82) is 0 Å². The van der Waals surface area contributed by atoms with E-state index >= 15 is 0 Å². The maximum absolute atomic E-state index is 5.55. The van der Waals surface area contributed by atoms with Crippen molar-refractivity contribution in [2.75, 3.05) is 0 Å². The summed E-state index contributed by atoms with van der Waals surface area (Å²) in [5, 5.41) is 3.40. The molecule has 0 aliphatic carbocycles. The highest BCUT2D eigenvalue weighted by Crippen LogP contribution is 2.10. The van der Waals surface area contributed by atoms with Crippen LogP contribution in [0, 0.1) is 0 Å². The third kappa shape index (κ3) is 5.12. The van der Waals surface area contributed by atoms with Crippen LogP contribution in [0.3, 0.4) is 0 Å². The summed E-state index contributed by atoms with van der Waals surface area (Å²) in [4.78, 5) is 4.43. The van der Waals surface area contributed by atoms with Crippen LogP contribution in [0.5, 0.6) is 5.88 Å². The summed E-state index contributed by atoms with van der Waals surface area (Å²) in [5.74, 6) is 0.697. The number of hydrogen-bond acceptors (Lipinski definition) is 3. The highest BCUT2D eigenvalue weighted by atomic mass is 16.5. The zero-order valence-electron chi connectivity index (χ0n) is 10.9. The van der Waals surface area contributed by atoms with E-state index in [2.05, 4.69) is 31.1 Å². The van der Waals surface area contributed by atoms with Crippen molar-refractivity contribution in [2.24, 2.45) is 0 Å². The van der Waals surface area contributed by atoms with Crippen LogP contribution in [0.25, 0.3) is 0 Å². The molecule has 0 saturated carbocycles. The zero-order valence-corrected chi connectivity index (χ0v) is 10.9. The van der Waals surface area contributed by atoms with Gasteiger partial charge in [-0.2, -0.15) is 0 Å². The topological polar surface area (TPSA) is 34.1 Å². The van der Waals surface area contributed by atoms with Crippen molar-refractivity contribution < 1.29 is 4.74 Å². The SMILES string of the molecule is CC(C)Oc1cccc(CNC(C)(C)C)n1. The van der Waals surface area contributed by atoms with E-state index in [0.29, 0.717) is 5.88 Å². The third-order valence-electron chi connectivity index (χ3n) is 1.94. The van der Waals surface area contributed by atoms with Gasteiger partial charge in [0.25, 0.3) is 0 Å². The van der Waals surface area contributed by atoms with Crippen LogP contribution in [-0.4, -0.2) is 16.6 Å². The van der Waals surface area contributed by atoms with Crippen LogP contribution >= 0.6 is 0 Å². The molecule has 0 amide bonds. The van der Waals surface area contributed by atoms with E-state index in [9.17, 15) is 0 Å². The van der Waals surface area contributed by atoms with Crippen molar-refractivity contribution in [2.45, 2.75) is 52.8 Å². The second kappa shape index (κ2) is 5.30. The summed E-state index contributed by atoms with van der Waals surface area (Å²) >= 11 is 0. The molecule has 0 aliphatic heterocycles. The summed E-state index contributed by atoms with van der Waals surface area (Å²) in [6.07, 6.45) is 0.165. The number of nitrogens with one attached hydrogen (secondary N) is 1. The van der Waals surface area contributed by atoms with E-state index in [0.717, 1.165) is 12.2 Å². The molecule has 1 aromatic heterocycles. The van der Waals surface area contributed by atoms with Crippen molar-refractivity contribution in [3.8, 4) is 5.88 Å². The minimum absolute atomic E-state index is 0.108. The summed E-state index contributed by atoms with van der Waals surface area (Å²) in [5.41, 5.74) is 1.12. The van der Waals surface area contributed by atoms with Gasteiger partial charge in [-0.15, -0.1) is 0 Å². The van der Waals surface area contributed by atoms with Crippen molar-refractivity contribution in [3.63, 3.8) is 0 Å². The van der Waals surface area contributed by atoms with E-state index in [4.69, 9.17) is 4.74 Å². The number of aromatic nitrogens is 1. The Balaban J connectivity index is 2.60. The van der Waals surface area contributed by atoms with Gasteiger partial charge in [-0.25, -0.2) is 4.98 Å². The first kappa shape index (κ1) is 13.0. The largest absolute Gasteiger partial charge is 0.475 e. The standard InChI is InChI=1S/C13H22N2O/c1-10(2)16-12-8-6-7-11(15-12)9-14-13(3,4)5/h6-8,10,14H,9H2,1-5H3. The lowest BCUT2D eigenvalue weighted by molar-refractivity contribution is 0.231. The second-order valence-electron chi connectivity index (χ2n) is 5.24. The zero-order chi connectivity index (χ0) is 12.2. The van der Waals surface area contributed by atoms with Crippen LogP contribution < -0.4 is 10.1 Å². The summed E-state index contributed by atoms with van der Waals surface area (Å²) in [6, 6.07) is 5.87. The predicted molar refractivity (Wildman–Crippen MR) is 66.6 cm³/mol.